The molecule has 1 saturated heterocycles. The molecule has 1 heterocycles. The van der Waals surface area contributed by atoms with Crippen molar-refractivity contribution < 1.29 is 23.9 Å². The summed E-state index contributed by atoms with van der Waals surface area (Å²) in [5.41, 5.74) is 0.445. The number of barbiturate groups is 1. The predicted molar refractivity (Wildman–Crippen MR) is 112 cm³/mol. The van der Waals surface area contributed by atoms with Crippen LogP contribution in [0.2, 0.25) is 5.02 Å². The third-order valence-corrected chi connectivity index (χ3v) is 4.40. The molecule has 7 nitrogen and oxygen atoms in total. The molecule has 0 aromatic heterocycles. The number of benzene rings is 2. The van der Waals surface area contributed by atoms with Gasteiger partial charge in [-0.2, -0.15) is 0 Å². The summed E-state index contributed by atoms with van der Waals surface area (Å²) >= 11 is 6.12. The monoisotopic (exact) mass is 424 g/mol. The number of nitrogens with one attached hydrogen (secondary N) is 1. The van der Waals surface area contributed by atoms with Crippen molar-refractivity contribution in [2.24, 2.45) is 0 Å². The highest BCUT2D eigenvalue weighted by molar-refractivity contribution is 6.42. The van der Waals surface area contributed by atoms with Crippen molar-refractivity contribution in [1.29, 1.82) is 0 Å². The van der Waals surface area contributed by atoms with Gasteiger partial charge in [0.2, 0.25) is 0 Å². The first-order valence-electron chi connectivity index (χ1n) is 8.95. The predicted octanol–water partition coefficient (Wildman–Crippen LogP) is 3.42. The molecule has 0 radical (unpaired) electrons. The average Bonchev–Trinajstić information content (AvgIpc) is 2.72. The van der Waals surface area contributed by atoms with Crippen molar-refractivity contribution in [3.63, 3.8) is 0 Å². The smallest absolute Gasteiger partial charge is 0.335 e. The Morgan fingerprint density at radius 2 is 1.90 bits per heavy atom. The highest BCUT2D eigenvalue weighted by atomic mass is 35.5. The van der Waals surface area contributed by atoms with E-state index in [1.165, 1.54) is 12.1 Å². The topological polar surface area (TPSA) is 84.9 Å². The van der Waals surface area contributed by atoms with Crippen LogP contribution in [-0.4, -0.2) is 31.1 Å². The molecule has 0 unspecified atom stereocenters. The molecule has 2 aromatic rings. The molecule has 0 atom stereocenters. The number of terminal acetylenes is 1. The fourth-order valence-corrected chi connectivity index (χ4v) is 3.02. The van der Waals surface area contributed by atoms with Gasteiger partial charge in [-0.25, -0.2) is 9.69 Å². The second-order valence-corrected chi connectivity index (χ2v) is 6.45. The summed E-state index contributed by atoms with van der Waals surface area (Å²) in [5.74, 6) is 1.62. The van der Waals surface area contributed by atoms with Crippen LogP contribution < -0.4 is 19.7 Å². The van der Waals surface area contributed by atoms with E-state index in [-0.39, 0.29) is 22.9 Å². The SMILES string of the molecule is C#CCOc1ccc(/C=C2\C(=O)NC(=O)N(c3ccccc3Cl)C2=O)cc1OCC. The average molecular weight is 425 g/mol. The van der Waals surface area contributed by atoms with Gasteiger partial charge in [-0.15, -0.1) is 6.42 Å². The molecular formula is C22H17ClN2O5. The molecule has 0 bridgehead atoms. The minimum absolute atomic E-state index is 0.0658. The van der Waals surface area contributed by atoms with Crippen molar-refractivity contribution in [3.8, 4) is 23.8 Å². The molecule has 1 aliphatic heterocycles. The number of hydrogen-bond acceptors (Lipinski definition) is 5. The van der Waals surface area contributed by atoms with Crippen molar-refractivity contribution in [1.82, 2.24) is 5.32 Å². The van der Waals surface area contributed by atoms with Crippen LogP contribution >= 0.6 is 11.6 Å². The Morgan fingerprint density at radius 3 is 2.60 bits per heavy atom. The lowest BCUT2D eigenvalue weighted by atomic mass is 10.1. The minimum Gasteiger partial charge on any atom is -0.490 e. The van der Waals surface area contributed by atoms with Gasteiger partial charge in [-0.3, -0.25) is 14.9 Å². The van der Waals surface area contributed by atoms with E-state index in [9.17, 15) is 14.4 Å². The van der Waals surface area contributed by atoms with Crippen LogP contribution in [-0.2, 0) is 9.59 Å². The van der Waals surface area contributed by atoms with E-state index >= 15 is 0 Å². The molecule has 2 aromatic carbocycles. The second kappa shape index (κ2) is 9.16. The summed E-state index contributed by atoms with van der Waals surface area (Å²) in [6, 6.07) is 10.3. The number of para-hydroxylation sites is 1. The molecular weight excluding hydrogens is 408 g/mol. The highest BCUT2D eigenvalue weighted by Crippen LogP contribution is 2.31. The molecule has 1 fully saturated rings. The zero-order valence-corrected chi connectivity index (χ0v) is 16.7. The van der Waals surface area contributed by atoms with Crippen LogP contribution in [0.3, 0.4) is 0 Å². The number of carbonyl (C=O) groups excluding carboxylic acids is 3. The van der Waals surface area contributed by atoms with Crippen LogP contribution in [0.15, 0.2) is 48.0 Å². The molecule has 4 amide bonds. The number of imide groups is 2. The van der Waals surface area contributed by atoms with E-state index in [1.807, 2.05) is 0 Å². The number of carbonyl (C=O) groups is 3. The number of halogens is 1. The van der Waals surface area contributed by atoms with Gasteiger partial charge in [0.1, 0.15) is 12.2 Å². The molecule has 1 aliphatic rings. The quantitative estimate of drug-likeness (QED) is 0.436. The van der Waals surface area contributed by atoms with Crippen molar-refractivity contribution in [3.05, 3.63) is 58.6 Å². The Balaban J connectivity index is 1.99. The van der Waals surface area contributed by atoms with Gasteiger partial charge in [0.15, 0.2) is 11.5 Å². The van der Waals surface area contributed by atoms with Crippen molar-refractivity contribution in [2.45, 2.75) is 6.92 Å². The van der Waals surface area contributed by atoms with E-state index in [0.29, 0.717) is 23.7 Å². The Labute approximate surface area is 178 Å². The summed E-state index contributed by atoms with van der Waals surface area (Å²) in [6.07, 6.45) is 6.58. The van der Waals surface area contributed by atoms with Gasteiger partial charge in [0.05, 0.1) is 17.3 Å². The molecule has 152 valence electrons. The third kappa shape index (κ3) is 4.29. The first-order valence-corrected chi connectivity index (χ1v) is 9.33. The van der Waals surface area contributed by atoms with Gasteiger partial charge >= 0.3 is 6.03 Å². The summed E-state index contributed by atoms with van der Waals surface area (Å²) in [4.78, 5) is 38.4. The van der Waals surface area contributed by atoms with Crippen LogP contribution in [0.1, 0.15) is 12.5 Å². The Bertz CT molecular complexity index is 1090. The second-order valence-electron chi connectivity index (χ2n) is 6.04. The standard InChI is InChI=1S/C22H17ClN2O5/c1-3-11-30-18-10-9-14(13-19(18)29-4-2)12-15-20(26)24-22(28)25(21(15)27)17-8-6-5-7-16(17)23/h1,5-10,12-13H,4,11H2,2H3,(H,24,26,28)/b15-12+. The van der Waals surface area contributed by atoms with E-state index < -0.39 is 17.8 Å². The molecule has 8 heteroatoms. The summed E-state index contributed by atoms with van der Waals surface area (Å²) in [6.45, 7) is 2.25. The Kier molecular flexibility index (Phi) is 6.40. The maximum atomic E-state index is 13.0. The maximum Gasteiger partial charge on any atom is 0.335 e. The number of amides is 4. The number of hydrogen-bond donors (Lipinski definition) is 1. The fourth-order valence-electron chi connectivity index (χ4n) is 2.80. The number of ether oxygens (including phenoxy) is 2. The van der Waals surface area contributed by atoms with Crippen molar-refractivity contribution in [2.75, 3.05) is 18.1 Å². The van der Waals surface area contributed by atoms with Gasteiger partial charge in [0.25, 0.3) is 11.8 Å². The van der Waals surface area contributed by atoms with Crippen LogP contribution in [0.25, 0.3) is 6.08 Å². The summed E-state index contributed by atoms with van der Waals surface area (Å²) in [7, 11) is 0. The molecule has 0 spiro atoms. The lowest BCUT2D eigenvalue weighted by Gasteiger charge is -2.27. The van der Waals surface area contributed by atoms with Gasteiger partial charge < -0.3 is 9.47 Å². The first kappa shape index (κ1) is 21.0. The Hall–Kier alpha value is -3.76. The van der Waals surface area contributed by atoms with Crippen LogP contribution in [0.4, 0.5) is 10.5 Å². The minimum atomic E-state index is -0.872. The van der Waals surface area contributed by atoms with Crippen molar-refractivity contribution >= 4 is 41.2 Å². The number of urea groups is 1. The summed E-state index contributed by atoms with van der Waals surface area (Å²) in [5, 5.41) is 2.35. The number of anilines is 1. The third-order valence-electron chi connectivity index (χ3n) is 4.08. The largest absolute Gasteiger partial charge is 0.490 e. The zero-order chi connectivity index (χ0) is 21.7. The molecule has 1 N–H and O–H groups in total. The molecule has 0 aliphatic carbocycles. The first-order chi connectivity index (χ1) is 14.5. The van der Waals surface area contributed by atoms with Gasteiger partial charge in [-0.1, -0.05) is 35.7 Å². The van der Waals surface area contributed by atoms with E-state index in [4.69, 9.17) is 27.5 Å². The maximum absolute atomic E-state index is 13.0. The van der Waals surface area contributed by atoms with Gasteiger partial charge in [-0.05, 0) is 42.8 Å². The summed E-state index contributed by atoms with van der Waals surface area (Å²) < 4.78 is 11.0. The van der Waals surface area contributed by atoms with Crippen LogP contribution in [0, 0.1) is 12.3 Å². The lowest BCUT2D eigenvalue weighted by molar-refractivity contribution is -0.122. The van der Waals surface area contributed by atoms with Crippen LogP contribution in [0.5, 0.6) is 11.5 Å². The fraction of sp³-hybridized carbons (Fsp3) is 0.136. The van der Waals surface area contributed by atoms with E-state index in [1.54, 1.807) is 43.3 Å². The molecule has 30 heavy (non-hydrogen) atoms. The number of nitrogens with zero attached hydrogens (tertiary/aromatic N) is 1. The Morgan fingerprint density at radius 1 is 1.13 bits per heavy atom. The highest BCUT2D eigenvalue weighted by Gasteiger charge is 2.37. The van der Waals surface area contributed by atoms with E-state index in [2.05, 4.69) is 11.2 Å². The van der Waals surface area contributed by atoms with Gasteiger partial charge in [0, 0.05) is 0 Å². The zero-order valence-electron chi connectivity index (χ0n) is 16.0. The lowest BCUT2D eigenvalue weighted by Crippen LogP contribution is -2.54. The molecule has 3 rings (SSSR count). The number of rotatable bonds is 6. The normalized spacial score (nSPS) is 15.0. The molecule has 0 saturated carbocycles. The van der Waals surface area contributed by atoms with E-state index in [0.717, 1.165) is 4.90 Å².